The fraction of sp³-hybridized carbons (Fsp3) is 0.133. The molecule has 2 heterocycles. The quantitative estimate of drug-likeness (QED) is 0.753. The van der Waals surface area contributed by atoms with Crippen molar-refractivity contribution in [1.82, 2.24) is 14.5 Å². The van der Waals surface area contributed by atoms with Gasteiger partial charge in [0.1, 0.15) is 5.52 Å². The van der Waals surface area contributed by atoms with Gasteiger partial charge in [-0.2, -0.15) is 4.98 Å². The van der Waals surface area contributed by atoms with E-state index in [1.54, 1.807) is 0 Å². The fourth-order valence-corrected chi connectivity index (χ4v) is 2.46. The second-order valence-electron chi connectivity index (χ2n) is 4.62. The van der Waals surface area contributed by atoms with Crippen LogP contribution < -0.4 is 5.32 Å². The largest absolute Gasteiger partial charge is 0.453 e. The number of halogens is 1. The molecule has 0 atom stereocenters. The van der Waals surface area contributed by atoms with E-state index < -0.39 is 6.09 Å². The summed E-state index contributed by atoms with van der Waals surface area (Å²) in [5.74, 6) is 0.113. The maximum Gasteiger partial charge on any atom is 0.413 e. The summed E-state index contributed by atoms with van der Waals surface area (Å²) in [4.78, 5) is 19.6. The van der Waals surface area contributed by atoms with Crippen molar-refractivity contribution in [2.24, 2.45) is 0 Å². The van der Waals surface area contributed by atoms with Gasteiger partial charge in [-0.25, -0.2) is 9.78 Å². The van der Waals surface area contributed by atoms with Crippen LogP contribution in [0.2, 0.25) is 5.15 Å². The summed E-state index contributed by atoms with van der Waals surface area (Å²) in [6.45, 7) is 0.664. The summed E-state index contributed by atoms with van der Waals surface area (Å²) >= 11 is 6.24. The number of anilines is 1. The lowest BCUT2D eigenvalue weighted by molar-refractivity contribution is 0.186. The Bertz CT molecular complexity index is 817. The first-order chi connectivity index (χ1) is 10.7. The van der Waals surface area contributed by atoms with E-state index >= 15 is 0 Å². The molecule has 0 aliphatic rings. The third kappa shape index (κ3) is 2.87. The van der Waals surface area contributed by atoms with Crippen LogP contribution in [-0.4, -0.2) is 27.7 Å². The Morgan fingerprint density at radius 3 is 2.77 bits per heavy atom. The molecule has 3 aromatic rings. The standard InChI is InChI=1S/C15H13ClN4O2/c1-22-15(21)19-14-17-11-7-8-20(12(11)13(16)18-14)9-10-5-3-2-4-6-10/h2-8H,9H2,1H3,(H,17,18,19,21). The smallest absolute Gasteiger partial charge is 0.413 e. The van der Waals surface area contributed by atoms with E-state index in [4.69, 9.17) is 11.6 Å². The Labute approximate surface area is 131 Å². The first-order valence-corrected chi connectivity index (χ1v) is 6.96. The van der Waals surface area contributed by atoms with Crippen LogP contribution >= 0.6 is 11.6 Å². The summed E-state index contributed by atoms with van der Waals surface area (Å²) in [7, 11) is 1.27. The number of fused-ring (bicyclic) bond motifs is 1. The Hall–Kier alpha value is -2.60. The second kappa shape index (κ2) is 6.03. The molecule has 1 N–H and O–H groups in total. The van der Waals surface area contributed by atoms with Crippen molar-refractivity contribution in [3.8, 4) is 0 Å². The summed E-state index contributed by atoms with van der Waals surface area (Å²) in [5.41, 5.74) is 2.52. The third-order valence-corrected chi connectivity index (χ3v) is 3.43. The first-order valence-electron chi connectivity index (χ1n) is 6.58. The Kier molecular flexibility index (Phi) is 3.93. The van der Waals surface area contributed by atoms with Gasteiger partial charge in [-0.3, -0.25) is 5.32 Å². The molecule has 0 fully saturated rings. The highest BCUT2D eigenvalue weighted by Gasteiger charge is 2.12. The van der Waals surface area contributed by atoms with Crippen LogP contribution in [0.3, 0.4) is 0 Å². The minimum atomic E-state index is -0.640. The number of rotatable bonds is 3. The van der Waals surface area contributed by atoms with Gasteiger partial charge in [0.25, 0.3) is 0 Å². The summed E-state index contributed by atoms with van der Waals surface area (Å²) in [5, 5.41) is 2.68. The molecule has 7 heteroatoms. The lowest BCUT2D eigenvalue weighted by Gasteiger charge is -2.07. The maximum atomic E-state index is 11.2. The van der Waals surface area contributed by atoms with Crippen LogP contribution in [-0.2, 0) is 11.3 Å². The molecule has 6 nitrogen and oxygen atoms in total. The van der Waals surface area contributed by atoms with E-state index in [1.807, 2.05) is 47.2 Å². The van der Waals surface area contributed by atoms with Crippen LogP contribution in [0, 0.1) is 0 Å². The van der Waals surface area contributed by atoms with Crippen molar-refractivity contribution in [1.29, 1.82) is 0 Å². The number of carbonyl (C=O) groups is 1. The van der Waals surface area contributed by atoms with Gasteiger partial charge in [-0.05, 0) is 11.6 Å². The molecule has 0 aliphatic carbocycles. The molecular weight excluding hydrogens is 304 g/mol. The average molecular weight is 317 g/mol. The molecule has 0 saturated heterocycles. The predicted octanol–water partition coefficient (Wildman–Crippen LogP) is 3.31. The minimum absolute atomic E-state index is 0.113. The zero-order valence-electron chi connectivity index (χ0n) is 11.8. The first kappa shape index (κ1) is 14.3. The second-order valence-corrected chi connectivity index (χ2v) is 4.98. The Morgan fingerprint density at radius 2 is 2.05 bits per heavy atom. The normalized spacial score (nSPS) is 10.6. The van der Waals surface area contributed by atoms with Crippen LogP contribution in [0.5, 0.6) is 0 Å². The van der Waals surface area contributed by atoms with E-state index in [2.05, 4.69) is 20.0 Å². The topological polar surface area (TPSA) is 69.0 Å². The molecule has 0 bridgehead atoms. The van der Waals surface area contributed by atoms with Crippen LogP contribution in [0.4, 0.5) is 10.7 Å². The molecule has 22 heavy (non-hydrogen) atoms. The highest BCUT2D eigenvalue weighted by molar-refractivity contribution is 6.33. The minimum Gasteiger partial charge on any atom is -0.453 e. The number of aromatic nitrogens is 3. The third-order valence-electron chi connectivity index (χ3n) is 3.16. The SMILES string of the molecule is COC(=O)Nc1nc(Cl)c2c(ccn2Cc2ccccc2)n1. The van der Waals surface area contributed by atoms with E-state index in [0.717, 1.165) is 11.1 Å². The van der Waals surface area contributed by atoms with Gasteiger partial charge < -0.3 is 9.30 Å². The lowest BCUT2D eigenvalue weighted by Crippen LogP contribution is -2.13. The number of hydrogen-bond donors (Lipinski definition) is 1. The van der Waals surface area contributed by atoms with E-state index in [-0.39, 0.29) is 11.1 Å². The van der Waals surface area contributed by atoms with Gasteiger partial charge in [0, 0.05) is 12.7 Å². The van der Waals surface area contributed by atoms with Gasteiger partial charge >= 0.3 is 6.09 Å². The molecule has 1 aromatic carbocycles. The van der Waals surface area contributed by atoms with Crippen molar-refractivity contribution in [2.45, 2.75) is 6.54 Å². The number of hydrogen-bond acceptors (Lipinski definition) is 4. The molecule has 0 saturated carbocycles. The van der Waals surface area contributed by atoms with Crippen molar-refractivity contribution >= 4 is 34.7 Å². The fourth-order valence-electron chi connectivity index (χ4n) is 2.17. The monoisotopic (exact) mass is 316 g/mol. The molecule has 0 unspecified atom stereocenters. The summed E-state index contributed by atoms with van der Waals surface area (Å²) in [6, 6.07) is 11.8. The number of methoxy groups -OCH3 is 1. The lowest BCUT2D eigenvalue weighted by atomic mass is 10.2. The maximum absolute atomic E-state index is 11.2. The van der Waals surface area contributed by atoms with Crippen molar-refractivity contribution < 1.29 is 9.53 Å². The number of ether oxygens (including phenoxy) is 1. The predicted molar refractivity (Wildman–Crippen MR) is 84.1 cm³/mol. The average Bonchev–Trinajstić information content (AvgIpc) is 2.91. The highest BCUT2D eigenvalue weighted by atomic mass is 35.5. The Balaban J connectivity index is 1.96. The molecule has 0 spiro atoms. The molecule has 3 rings (SSSR count). The molecular formula is C15H13ClN4O2. The molecule has 1 amide bonds. The van der Waals surface area contributed by atoms with Gasteiger partial charge in [0.05, 0.1) is 12.6 Å². The van der Waals surface area contributed by atoms with E-state index in [9.17, 15) is 4.79 Å². The Morgan fingerprint density at radius 1 is 1.27 bits per heavy atom. The zero-order valence-corrected chi connectivity index (χ0v) is 12.5. The van der Waals surface area contributed by atoms with Crippen molar-refractivity contribution in [3.05, 3.63) is 53.3 Å². The van der Waals surface area contributed by atoms with Crippen molar-refractivity contribution in [3.63, 3.8) is 0 Å². The molecule has 2 aromatic heterocycles. The van der Waals surface area contributed by atoms with Crippen LogP contribution in [0.1, 0.15) is 5.56 Å². The van der Waals surface area contributed by atoms with Crippen LogP contribution in [0.15, 0.2) is 42.6 Å². The number of carbonyl (C=O) groups excluding carboxylic acids is 1. The van der Waals surface area contributed by atoms with Gasteiger partial charge in [0.2, 0.25) is 5.95 Å². The zero-order chi connectivity index (χ0) is 15.5. The van der Waals surface area contributed by atoms with Gasteiger partial charge in [0.15, 0.2) is 5.15 Å². The highest BCUT2D eigenvalue weighted by Crippen LogP contribution is 2.24. The van der Waals surface area contributed by atoms with E-state index in [0.29, 0.717) is 12.1 Å². The number of amides is 1. The molecule has 0 aliphatic heterocycles. The van der Waals surface area contributed by atoms with Gasteiger partial charge in [-0.15, -0.1) is 0 Å². The number of nitrogens with one attached hydrogen (secondary N) is 1. The summed E-state index contributed by atoms with van der Waals surface area (Å²) < 4.78 is 6.48. The number of nitrogens with zero attached hydrogens (tertiary/aromatic N) is 3. The number of benzene rings is 1. The van der Waals surface area contributed by atoms with Gasteiger partial charge in [-0.1, -0.05) is 41.9 Å². The summed E-state index contributed by atoms with van der Waals surface area (Å²) in [6.07, 6.45) is 1.25. The molecule has 0 radical (unpaired) electrons. The van der Waals surface area contributed by atoms with E-state index in [1.165, 1.54) is 7.11 Å². The van der Waals surface area contributed by atoms with Crippen LogP contribution in [0.25, 0.3) is 11.0 Å². The molecule has 112 valence electrons. The van der Waals surface area contributed by atoms with Crippen molar-refractivity contribution in [2.75, 3.05) is 12.4 Å².